The maximum Gasteiger partial charge on any atom is 0.238 e. The number of nitrogens with one attached hydrogen (secondary N) is 2. The van der Waals surface area contributed by atoms with Crippen molar-refractivity contribution in [3.05, 3.63) is 41.9 Å². The SMILES string of the molecule is C=CCSCCNCC(=O)Nc1cccc(Cl)c1. The maximum atomic E-state index is 11.6. The molecule has 0 aliphatic heterocycles. The van der Waals surface area contributed by atoms with Crippen LogP contribution >= 0.6 is 23.4 Å². The van der Waals surface area contributed by atoms with Gasteiger partial charge in [-0.3, -0.25) is 4.79 Å². The van der Waals surface area contributed by atoms with Crippen molar-refractivity contribution in [3.63, 3.8) is 0 Å². The molecule has 0 saturated heterocycles. The average molecular weight is 285 g/mol. The summed E-state index contributed by atoms with van der Waals surface area (Å²) >= 11 is 7.61. The second-order valence-corrected chi connectivity index (χ2v) is 5.19. The Balaban J connectivity index is 2.16. The minimum Gasteiger partial charge on any atom is -0.325 e. The third-order valence-electron chi connectivity index (χ3n) is 2.05. The van der Waals surface area contributed by atoms with E-state index in [1.54, 1.807) is 30.0 Å². The van der Waals surface area contributed by atoms with Crippen LogP contribution in [-0.2, 0) is 4.79 Å². The van der Waals surface area contributed by atoms with Gasteiger partial charge < -0.3 is 10.6 Å². The van der Waals surface area contributed by atoms with Crippen molar-refractivity contribution in [2.75, 3.05) is 29.9 Å². The number of amides is 1. The average Bonchev–Trinajstić information content (AvgIpc) is 2.33. The van der Waals surface area contributed by atoms with E-state index in [2.05, 4.69) is 17.2 Å². The van der Waals surface area contributed by atoms with Crippen LogP contribution in [0.25, 0.3) is 0 Å². The summed E-state index contributed by atoms with van der Waals surface area (Å²) in [7, 11) is 0. The number of carbonyl (C=O) groups is 1. The number of carbonyl (C=O) groups excluding carboxylic acids is 1. The van der Waals surface area contributed by atoms with Crippen molar-refractivity contribution in [1.82, 2.24) is 5.32 Å². The Morgan fingerprint density at radius 3 is 3.06 bits per heavy atom. The zero-order chi connectivity index (χ0) is 13.2. The summed E-state index contributed by atoms with van der Waals surface area (Å²) in [6, 6.07) is 7.10. The number of rotatable bonds is 8. The molecule has 2 N–H and O–H groups in total. The molecule has 0 unspecified atom stereocenters. The zero-order valence-corrected chi connectivity index (χ0v) is 11.7. The van der Waals surface area contributed by atoms with Gasteiger partial charge in [0.25, 0.3) is 0 Å². The molecule has 18 heavy (non-hydrogen) atoms. The molecule has 98 valence electrons. The van der Waals surface area contributed by atoms with Crippen LogP contribution in [0, 0.1) is 0 Å². The molecule has 0 aliphatic rings. The standard InChI is InChI=1S/C13H17ClN2OS/c1-2-7-18-8-6-15-10-13(17)16-12-5-3-4-11(14)9-12/h2-5,9,15H,1,6-8,10H2,(H,16,17). The minimum atomic E-state index is -0.0639. The molecule has 1 rings (SSSR count). The van der Waals surface area contributed by atoms with Gasteiger partial charge in [-0.15, -0.1) is 6.58 Å². The van der Waals surface area contributed by atoms with E-state index in [1.165, 1.54) is 0 Å². The van der Waals surface area contributed by atoms with Crippen LogP contribution < -0.4 is 10.6 Å². The van der Waals surface area contributed by atoms with E-state index in [0.29, 0.717) is 11.6 Å². The van der Waals surface area contributed by atoms with Crippen molar-refractivity contribution in [2.45, 2.75) is 0 Å². The van der Waals surface area contributed by atoms with Gasteiger partial charge in [-0.2, -0.15) is 11.8 Å². The molecule has 0 radical (unpaired) electrons. The van der Waals surface area contributed by atoms with Gasteiger partial charge in [0.15, 0.2) is 0 Å². The highest BCUT2D eigenvalue weighted by Gasteiger charge is 2.01. The number of thioether (sulfide) groups is 1. The van der Waals surface area contributed by atoms with Crippen molar-refractivity contribution in [2.24, 2.45) is 0 Å². The van der Waals surface area contributed by atoms with E-state index in [-0.39, 0.29) is 5.91 Å². The Kier molecular flexibility index (Phi) is 7.57. The highest BCUT2D eigenvalue weighted by atomic mass is 35.5. The molecule has 0 aromatic heterocycles. The highest BCUT2D eigenvalue weighted by molar-refractivity contribution is 7.99. The Hall–Kier alpha value is -0.970. The van der Waals surface area contributed by atoms with E-state index < -0.39 is 0 Å². The molecule has 0 atom stereocenters. The molecule has 0 spiro atoms. The van der Waals surface area contributed by atoms with Crippen LogP contribution in [0.2, 0.25) is 5.02 Å². The predicted molar refractivity (Wildman–Crippen MR) is 80.5 cm³/mol. The number of benzene rings is 1. The summed E-state index contributed by atoms with van der Waals surface area (Å²) < 4.78 is 0. The Labute approximate surface area is 117 Å². The second-order valence-electron chi connectivity index (χ2n) is 3.60. The molecule has 3 nitrogen and oxygen atoms in total. The molecule has 1 aromatic carbocycles. The van der Waals surface area contributed by atoms with Gasteiger partial charge in [0.1, 0.15) is 0 Å². The molecule has 0 fully saturated rings. The van der Waals surface area contributed by atoms with Crippen molar-refractivity contribution < 1.29 is 4.79 Å². The first kappa shape index (κ1) is 15.1. The third kappa shape index (κ3) is 6.69. The zero-order valence-electron chi connectivity index (χ0n) is 10.1. The maximum absolute atomic E-state index is 11.6. The summed E-state index contributed by atoms with van der Waals surface area (Å²) in [4.78, 5) is 11.6. The van der Waals surface area contributed by atoms with Gasteiger partial charge in [0.05, 0.1) is 6.54 Å². The Morgan fingerprint density at radius 1 is 1.50 bits per heavy atom. The molecular weight excluding hydrogens is 268 g/mol. The number of hydrogen-bond acceptors (Lipinski definition) is 3. The van der Waals surface area contributed by atoms with E-state index >= 15 is 0 Å². The van der Waals surface area contributed by atoms with Crippen LogP contribution in [0.4, 0.5) is 5.69 Å². The lowest BCUT2D eigenvalue weighted by molar-refractivity contribution is -0.115. The summed E-state index contributed by atoms with van der Waals surface area (Å²) in [5.74, 6) is 1.85. The first-order chi connectivity index (χ1) is 8.72. The van der Waals surface area contributed by atoms with Crippen LogP contribution in [0.1, 0.15) is 0 Å². The second kappa shape index (κ2) is 9.03. The number of anilines is 1. The van der Waals surface area contributed by atoms with E-state index in [4.69, 9.17) is 11.6 Å². The fourth-order valence-electron chi connectivity index (χ4n) is 1.28. The normalized spacial score (nSPS) is 10.1. The summed E-state index contributed by atoms with van der Waals surface area (Å²) in [6.07, 6.45) is 1.87. The van der Waals surface area contributed by atoms with Gasteiger partial charge in [-0.1, -0.05) is 23.7 Å². The fraction of sp³-hybridized carbons (Fsp3) is 0.308. The van der Waals surface area contributed by atoms with Crippen molar-refractivity contribution in [3.8, 4) is 0 Å². The van der Waals surface area contributed by atoms with Crippen molar-refractivity contribution >= 4 is 35.0 Å². The molecule has 1 amide bonds. The topological polar surface area (TPSA) is 41.1 Å². The van der Waals surface area contributed by atoms with Gasteiger partial charge in [-0.05, 0) is 18.2 Å². The highest BCUT2D eigenvalue weighted by Crippen LogP contribution is 2.14. The monoisotopic (exact) mass is 284 g/mol. The smallest absolute Gasteiger partial charge is 0.238 e. The molecular formula is C13H17ClN2OS. The fourth-order valence-corrected chi connectivity index (χ4v) is 2.10. The van der Waals surface area contributed by atoms with Gasteiger partial charge in [0.2, 0.25) is 5.91 Å². The number of hydrogen-bond donors (Lipinski definition) is 2. The van der Waals surface area contributed by atoms with Crippen LogP contribution in [0.15, 0.2) is 36.9 Å². The molecule has 0 aliphatic carbocycles. The number of halogens is 1. The van der Waals surface area contributed by atoms with Crippen molar-refractivity contribution in [1.29, 1.82) is 0 Å². The van der Waals surface area contributed by atoms with Crippen LogP contribution in [0.5, 0.6) is 0 Å². The van der Waals surface area contributed by atoms with E-state index in [9.17, 15) is 4.79 Å². The molecule has 1 aromatic rings. The first-order valence-electron chi connectivity index (χ1n) is 5.67. The van der Waals surface area contributed by atoms with Crippen LogP contribution in [-0.4, -0.2) is 30.5 Å². The minimum absolute atomic E-state index is 0.0639. The summed E-state index contributed by atoms with van der Waals surface area (Å²) in [5, 5.41) is 6.47. The molecule has 5 heteroatoms. The summed E-state index contributed by atoms with van der Waals surface area (Å²) in [6.45, 7) is 4.76. The lowest BCUT2D eigenvalue weighted by Crippen LogP contribution is -2.29. The van der Waals surface area contributed by atoms with Gasteiger partial charge in [0, 0.05) is 28.8 Å². The molecule has 0 saturated carbocycles. The predicted octanol–water partition coefficient (Wildman–Crippen LogP) is 2.79. The quantitative estimate of drug-likeness (QED) is 0.570. The van der Waals surface area contributed by atoms with Gasteiger partial charge >= 0.3 is 0 Å². The lowest BCUT2D eigenvalue weighted by Gasteiger charge is -2.06. The lowest BCUT2D eigenvalue weighted by atomic mass is 10.3. The van der Waals surface area contributed by atoms with Crippen LogP contribution in [0.3, 0.4) is 0 Å². The van der Waals surface area contributed by atoms with Gasteiger partial charge in [-0.25, -0.2) is 0 Å². The Bertz CT molecular complexity index is 398. The summed E-state index contributed by atoms with van der Waals surface area (Å²) in [5.41, 5.74) is 0.718. The first-order valence-corrected chi connectivity index (χ1v) is 7.20. The molecule has 0 bridgehead atoms. The molecule has 0 heterocycles. The largest absolute Gasteiger partial charge is 0.325 e. The van der Waals surface area contributed by atoms with E-state index in [0.717, 1.165) is 23.7 Å². The van der Waals surface area contributed by atoms with E-state index in [1.807, 2.05) is 12.1 Å². The Morgan fingerprint density at radius 2 is 2.33 bits per heavy atom. The third-order valence-corrected chi connectivity index (χ3v) is 3.25.